The summed E-state index contributed by atoms with van der Waals surface area (Å²) < 4.78 is 0. The fourth-order valence-electron chi connectivity index (χ4n) is 1.57. The first kappa shape index (κ1) is 13.0. The average Bonchev–Trinajstić information content (AvgIpc) is 2.51. The van der Waals surface area contributed by atoms with Crippen LogP contribution in [0.25, 0.3) is 0 Å². The largest absolute Gasteiger partial charge is 0.315 e. The minimum Gasteiger partial charge on any atom is -0.315 e. The summed E-state index contributed by atoms with van der Waals surface area (Å²) in [6.07, 6.45) is 0.799. The van der Waals surface area contributed by atoms with Crippen LogP contribution in [0.2, 0.25) is 10.0 Å². The Bertz CT molecular complexity index is 345. The van der Waals surface area contributed by atoms with E-state index in [0.29, 0.717) is 10.0 Å². The summed E-state index contributed by atoms with van der Waals surface area (Å²) in [7, 11) is 0. The van der Waals surface area contributed by atoms with Crippen molar-refractivity contribution in [3.8, 4) is 0 Å². The number of halogens is 3. The molecule has 1 aromatic carbocycles. The molecular weight excluding hydrogens is 256 g/mol. The van der Waals surface area contributed by atoms with Crippen molar-refractivity contribution < 1.29 is 0 Å². The topological polar surface area (TPSA) is 50.1 Å². The number of benzene rings is 1. The zero-order chi connectivity index (χ0) is 10.1. The van der Waals surface area contributed by atoms with Gasteiger partial charge in [0, 0.05) is 10.0 Å². The predicted molar refractivity (Wildman–Crippen MR) is 65.3 cm³/mol. The summed E-state index contributed by atoms with van der Waals surface area (Å²) in [5.41, 5.74) is 12.8. The first-order valence-electron chi connectivity index (χ1n) is 4.38. The van der Waals surface area contributed by atoms with Crippen molar-refractivity contribution in [1.29, 1.82) is 0 Å². The van der Waals surface area contributed by atoms with Gasteiger partial charge in [0.05, 0.1) is 12.2 Å². The van der Waals surface area contributed by atoms with E-state index in [1.165, 1.54) is 0 Å². The molecule has 4 N–H and O–H groups in total. The van der Waals surface area contributed by atoms with Crippen molar-refractivity contribution in [2.75, 3.05) is 0 Å². The minimum atomic E-state index is -0.0215. The first-order valence-corrected chi connectivity index (χ1v) is 5.14. The summed E-state index contributed by atoms with van der Waals surface area (Å²) in [6, 6.07) is 5.65. The van der Waals surface area contributed by atoms with Crippen LogP contribution >= 0.6 is 35.6 Å². The van der Waals surface area contributed by atoms with E-state index in [2.05, 4.69) is 10.9 Å². The van der Waals surface area contributed by atoms with Gasteiger partial charge in [0.25, 0.3) is 0 Å². The van der Waals surface area contributed by atoms with E-state index in [0.717, 1.165) is 12.0 Å². The van der Waals surface area contributed by atoms with Crippen LogP contribution in [0.1, 0.15) is 18.0 Å². The molecule has 84 valence electrons. The van der Waals surface area contributed by atoms with Crippen molar-refractivity contribution in [3.63, 3.8) is 0 Å². The fraction of sp³-hybridized carbons (Fsp3) is 0.333. The average molecular weight is 269 g/mol. The number of rotatable bonds is 1. The molecule has 0 spiro atoms. The van der Waals surface area contributed by atoms with Crippen LogP contribution in [0, 0.1) is 0 Å². The third-order valence-corrected chi connectivity index (χ3v) is 2.83. The molecule has 2 unspecified atom stereocenters. The van der Waals surface area contributed by atoms with E-state index in [9.17, 15) is 0 Å². The SMILES string of the molecule is Cl.NC1CC(c2ccc(Cl)cc2Cl)NN1. The Morgan fingerprint density at radius 3 is 2.53 bits per heavy atom. The molecule has 1 heterocycles. The van der Waals surface area contributed by atoms with Crippen LogP contribution in [0.5, 0.6) is 0 Å². The second-order valence-electron chi connectivity index (χ2n) is 3.35. The lowest BCUT2D eigenvalue weighted by molar-refractivity contribution is 0.552. The van der Waals surface area contributed by atoms with Gasteiger partial charge in [-0.05, 0) is 24.1 Å². The Balaban J connectivity index is 0.00000112. The summed E-state index contributed by atoms with van der Waals surface area (Å²) in [5, 5.41) is 1.32. The zero-order valence-corrected chi connectivity index (χ0v) is 10.2. The molecule has 1 aliphatic heterocycles. The van der Waals surface area contributed by atoms with Gasteiger partial charge in [-0.1, -0.05) is 29.3 Å². The standard InChI is InChI=1S/C9H11Cl2N3.ClH/c10-5-1-2-6(7(11)3-5)8-4-9(12)14-13-8;/h1-3,8-9,13-14H,4,12H2;1H. The third kappa shape index (κ3) is 2.97. The lowest BCUT2D eigenvalue weighted by atomic mass is 10.0. The maximum atomic E-state index is 6.06. The molecule has 0 radical (unpaired) electrons. The number of nitrogens with two attached hydrogens (primary N) is 1. The molecule has 2 atom stereocenters. The van der Waals surface area contributed by atoms with Gasteiger partial charge in [-0.15, -0.1) is 12.4 Å². The number of hydrogen-bond acceptors (Lipinski definition) is 3. The molecule has 1 saturated heterocycles. The van der Waals surface area contributed by atoms with E-state index in [4.69, 9.17) is 28.9 Å². The Kier molecular flexibility index (Phi) is 4.64. The molecule has 15 heavy (non-hydrogen) atoms. The normalized spacial score (nSPS) is 25.0. The smallest absolute Gasteiger partial charge is 0.0698 e. The van der Waals surface area contributed by atoms with E-state index in [-0.39, 0.29) is 24.6 Å². The van der Waals surface area contributed by atoms with Crippen LogP contribution in [0.15, 0.2) is 18.2 Å². The molecule has 1 aromatic rings. The summed E-state index contributed by atoms with van der Waals surface area (Å²) in [4.78, 5) is 0. The van der Waals surface area contributed by atoms with Gasteiger partial charge in [-0.3, -0.25) is 0 Å². The number of hydrazine groups is 1. The molecule has 0 bridgehead atoms. The predicted octanol–water partition coefficient (Wildman–Crippen LogP) is 2.24. The van der Waals surface area contributed by atoms with E-state index >= 15 is 0 Å². The van der Waals surface area contributed by atoms with E-state index < -0.39 is 0 Å². The lowest BCUT2D eigenvalue weighted by Gasteiger charge is -2.11. The number of nitrogens with one attached hydrogen (secondary N) is 2. The van der Waals surface area contributed by atoms with Crippen LogP contribution < -0.4 is 16.6 Å². The molecular formula is C9H12Cl3N3. The van der Waals surface area contributed by atoms with Gasteiger partial charge >= 0.3 is 0 Å². The molecule has 1 aliphatic rings. The zero-order valence-electron chi connectivity index (χ0n) is 7.84. The highest BCUT2D eigenvalue weighted by Crippen LogP contribution is 2.29. The maximum Gasteiger partial charge on any atom is 0.0698 e. The van der Waals surface area contributed by atoms with Gasteiger partial charge < -0.3 is 5.73 Å². The van der Waals surface area contributed by atoms with Crippen molar-refractivity contribution in [2.45, 2.75) is 18.6 Å². The molecule has 0 aromatic heterocycles. The second kappa shape index (κ2) is 5.34. The highest BCUT2D eigenvalue weighted by molar-refractivity contribution is 6.35. The van der Waals surface area contributed by atoms with E-state index in [1.807, 2.05) is 12.1 Å². The summed E-state index contributed by atoms with van der Waals surface area (Å²) in [6.45, 7) is 0. The summed E-state index contributed by atoms with van der Waals surface area (Å²) in [5.74, 6) is 0. The van der Waals surface area contributed by atoms with Gasteiger partial charge in [-0.25, -0.2) is 10.9 Å². The van der Waals surface area contributed by atoms with Crippen molar-refractivity contribution in [1.82, 2.24) is 10.9 Å². The molecule has 0 amide bonds. The Hall–Kier alpha value is -0.0300. The third-order valence-electron chi connectivity index (χ3n) is 2.27. The van der Waals surface area contributed by atoms with Crippen LogP contribution in [-0.2, 0) is 0 Å². The Morgan fingerprint density at radius 2 is 2.00 bits per heavy atom. The van der Waals surface area contributed by atoms with Crippen LogP contribution in [0.3, 0.4) is 0 Å². The van der Waals surface area contributed by atoms with Crippen LogP contribution in [-0.4, -0.2) is 6.17 Å². The first-order chi connectivity index (χ1) is 6.66. The number of hydrogen-bond donors (Lipinski definition) is 3. The monoisotopic (exact) mass is 267 g/mol. The van der Waals surface area contributed by atoms with Gasteiger partial charge in [0.1, 0.15) is 0 Å². The highest BCUT2D eigenvalue weighted by atomic mass is 35.5. The summed E-state index contributed by atoms with van der Waals surface area (Å²) >= 11 is 11.9. The maximum absolute atomic E-state index is 6.06. The Morgan fingerprint density at radius 1 is 1.27 bits per heavy atom. The molecule has 0 aliphatic carbocycles. The molecule has 1 fully saturated rings. The molecule has 6 heteroatoms. The van der Waals surface area contributed by atoms with Crippen LogP contribution in [0.4, 0.5) is 0 Å². The van der Waals surface area contributed by atoms with E-state index in [1.54, 1.807) is 6.07 Å². The fourth-order valence-corrected chi connectivity index (χ4v) is 2.11. The van der Waals surface area contributed by atoms with Crippen molar-refractivity contribution in [3.05, 3.63) is 33.8 Å². The molecule has 0 saturated carbocycles. The van der Waals surface area contributed by atoms with Gasteiger partial charge in [-0.2, -0.15) is 0 Å². The molecule has 2 rings (SSSR count). The van der Waals surface area contributed by atoms with Crippen molar-refractivity contribution in [2.24, 2.45) is 5.73 Å². The molecule has 3 nitrogen and oxygen atoms in total. The highest BCUT2D eigenvalue weighted by Gasteiger charge is 2.23. The van der Waals surface area contributed by atoms with Crippen molar-refractivity contribution >= 4 is 35.6 Å². The van der Waals surface area contributed by atoms with Gasteiger partial charge in [0.15, 0.2) is 0 Å². The quantitative estimate of drug-likeness (QED) is 0.732. The van der Waals surface area contributed by atoms with Gasteiger partial charge in [0.2, 0.25) is 0 Å². The Labute approximate surface area is 105 Å². The second-order valence-corrected chi connectivity index (χ2v) is 4.19. The lowest BCUT2D eigenvalue weighted by Crippen LogP contribution is -2.36. The minimum absolute atomic E-state index is 0.